The van der Waals surface area contributed by atoms with Gasteiger partial charge in [0.1, 0.15) is 19.8 Å². The predicted octanol–water partition coefficient (Wildman–Crippen LogP) is 13.9. The molecule has 0 aromatic heterocycles. The van der Waals surface area contributed by atoms with Crippen molar-refractivity contribution in [2.45, 2.75) is 225 Å². The molecule has 10 heteroatoms. The number of quaternary nitrogens is 1. The van der Waals surface area contributed by atoms with Crippen molar-refractivity contribution in [1.29, 1.82) is 0 Å². The van der Waals surface area contributed by atoms with Crippen molar-refractivity contribution in [3.05, 3.63) is 24.3 Å². The van der Waals surface area contributed by atoms with Gasteiger partial charge in [-0.25, -0.2) is 4.57 Å². The number of esters is 2. The topological polar surface area (TPSA) is 108 Å². The van der Waals surface area contributed by atoms with E-state index in [2.05, 4.69) is 38.2 Å². The largest absolute Gasteiger partial charge is 0.472 e. The van der Waals surface area contributed by atoms with Gasteiger partial charge in [-0.15, -0.1) is 0 Å². The minimum Gasteiger partial charge on any atom is -0.462 e. The summed E-state index contributed by atoms with van der Waals surface area (Å²) in [7, 11) is 1.48. The van der Waals surface area contributed by atoms with Gasteiger partial charge >= 0.3 is 19.8 Å². The molecule has 1 unspecified atom stereocenters. The van der Waals surface area contributed by atoms with Gasteiger partial charge in [0.2, 0.25) is 0 Å². The Labute approximate surface area is 358 Å². The van der Waals surface area contributed by atoms with Gasteiger partial charge in [-0.2, -0.15) is 0 Å². The number of nitrogens with zero attached hydrogens (tertiary/aromatic N) is 1. The second-order valence-electron chi connectivity index (χ2n) is 17.5. The second kappa shape index (κ2) is 40.9. The average Bonchev–Trinajstić information content (AvgIpc) is 3.17. The van der Waals surface area contributed by atoms with Gasteiger partial charge in [0.05, 0.1) is 27.7 Å². The van der Waals surface area contributed by atoms with Crippen LogP contribution in [0.2, 0.25) is 0 Å². The second-order valence-corrected chi connectivity index (χ2v) is 19.0. The molecular weight excluding hydrogens is 750 g/mol. The van der Waals surface area contributed by atoms with Crippen LogP contribution in [0.4, 0.5) is 0 Å². The van der Waals surface area contributed by atoms with Crippen LogP contribution in [0, 0.1) is 0 Å². The molecule has 9 nitrogen and oxygen atoms in total. The predicted molar refractivity (Wildman–Crippen MR) is 243 cm³/mol. The molecule has 0 saturated heterocycles. The fraction of sp³-hybridized carbons (Fsp3) is 0.875. The summed E-state index contributed by atoms with van der Waals surface area (Å²) in [6, 6.07) is 0. The van der Waals surface area contributed by atoms with E-state index in [1.807, 2.05) is 21.1 Å². The Balaban J connectivity index is 4.27. The molecule has 342 valence electrons. The fourth-order valence-electron chi connectivity index (χ4n) is 6.69. The highest BCUT2D eigenvalue weighted by atomic mass is 31.2. The molecular formula is C48H93NO8P+. The third kappa shape index (κ3) is 44.1. The summed E-state index contributed by atoms with van der Waals surface area (Å²) in [6.07, 6.45) is 45.0. The van der Waals surface area contributed by atoms with Crippen LogP contribution in [-0.4, -0.2) is 74.9 Å². The molecule has 0 aliphatic rings. The zero-order valence-corrected chi connectivity index (χ0v) is 39.4. The molecule has 0 amide bonds. The molecule has 0 fully saturated rings. The van der Waals surface area contributed by atoms with Crippen LogP contribution in [0.5, 0.6) is 0 Å². The molecule has 0 saturated carbocycles. The van der Waals surface area contributed by atoms with E-state index in [1.54, 1.807) is 0 Å². The molecule has 2 atom stereocenters. The Hall–Kier alpha value is -1.51. The summed E-state index contributed by atoms with van der Waals surface area (Å²) < 4.78 is 34.4. The molecule has 0 bridgehead atoms. The molecule has 0 aliphatic heterocycles. The van der Waals surface area contributed by atoms with E-state index in [0.29, 0.717) is 17.4 Å². The van der Waals surface area contributed by atoms with Crippen LogP contribution in [0.25, 0.3) is 0 Å². The first-order valence-electron chi connectivity index (χ1n) is 24.1. The Morgan fingerprint density at radius 3 is 1.40 bits per heavy atom. The van der Waals surface area contributed by atoms with E-state index < -0.39 is 26.5 Å². The first-order valence-corrected chi connectivity index (χ1v) is 25.6. The highest BCUT2D eigenvalue weighted by molar-refractivity contribution is 7.47. The monoisotopic (exact) mass is 843 g/mol. The molecule has 1 N–H and O–H groups in total. The van der Waals surface area contributed by atoms with E-state index in [-0.39, 0.29) is 32.0 Å². The van der Waals surface area contributed by atoms with E-state index in [4.69, 9.17) is 18.5 Å². The number of likely N-dealkylation sites (N-methyl/N-ethyl adjacent to an activating group) is 1. The molecule has 0 aromatic rings. The lowest BCUT2D eigenvalue weighted by atomic mass is 10.0. The van der Waals surface area contributed by atoms with E-state index in [1.165, 1.54) is 148 Å². The maximum Gasteiger partial charge on any atom is 0.472 e. The van der Waals surface area contributed by atoms with Gasteiger partial charge in [-0.05, 0) is 44.9 Å². The number of rotatable bonds is 44. The SMILES string of the molecule is CCCCC/C=C/C/C=C/CCCCCCCCCCCC(=O)OC[C@H](COP(=O)(O)OCC[N+](C)(C)C)OC(=O)CCCCCCCCCCCCCCCCC. The molecule has 0 spiro atoms. The summed E-state index contributed by atoms with van der Waals surface area (Å²) in [6.45, 7) is 4.42. The Kier molecular flexibility index (Phi) is 39.8. The normalized spacial score (nSPS) is 13.7. The van der Waals surface area contributed by atoms with Crippen molar-refractivity contribution in [2.75, 3.05) is 47.5 Å². The molecule has 58 heavy (non-hydrogen) atoms. The number of phosphoric ester groups is 1. The number of carbonyl (C=O) groups excluding carboxylic acids is 2. The number of phosphoric acid groups is 1. The van der Waals surface area contributed by atoms with E-state index in [9.17, 15) is 19.0 Å². The van der Waals surface area contributed by atoms with Crippen LogP contribution in [0.3, 0.4) is 0 Å². The Morgan fingerprint density at radius 1 is 0.534 bits per heavy atom. The van der Waals surface area contributed by atoms with Gasteiger partial charge in [0.15, 0.2) is 6.10 Å². The molecule has 0 radical (unpaired) electrons. The Bertz CT molecular complexity index is 1040. The van der Waals surface area contributed by atoms with Crippen molar-refractivity contribution in [3.8, 4) is 0 Å². The van der Waals surface area contributed by atoms with E-state index >= 15 is 0 Å². The van der Waals surface area contributed by atoms with E-state index in [0.717, 1.165) is 38.5 Å². The van der Waals surface area contributed by atoms with Gasteiger partial charge in [-0.1, -0.05) is 186 Å². The lowest BCUT2D eigenvalue weighted by Gasteiger charge is -2.24. The van der Waals surface area contributed by atoms with Crippen LogP contribution in [-0.2, 0) is 32.7 Å². The van der Waals surface area contributed by atoms with Crippen molar-refractivity contribution < 1.29 is 42.1 Å². The summed E-state index contributed by atoms with van der Waals surface area (Å²) >= 11 is 0. The van der Waals surface area contributed by atoms with Crippen molar-refractivity contribution in [1.82, 2.24) is 0 Å². The van der Waals surface area contributed by atoms with Gasteiger partial charge in [0.25, 0.3) is 0 Å². The highest BCUT2D eigenvalue weighted by Crippen LogP contribution is 2.43. The molecule has 0 aromatic carbocycles. The van der Waals surface area contributed by atoms with Gasteiger partial charge < -0.3 is 18.9 Å². The zero-order valence-electron chi connectivity index (χ0n) is 38.5. The standard InChI is InChI=1S/C48H92NO8P/c1-6-8-10-12-14-16-18-20-22-23-24-25-27-28-30-32-34-36-38-40-47(50)54-44-46(45-56-58(52,53)55-43-42-49(3,4)5)57-48(51)41-39-37-35-33-31-29-26-21-19-17-15-13-11-9-7-2/h14,16,20,22,46H,6-13,15,17-19,21,23-45H2,1-5H3/p+1/b16-14+,22-20+/t46-/m1/s1. The maximum atomic E-state index is 12.7. The minimum absolute atomic E-state index is 0.0332. The van der Waals surface area contributed by atoms with Gasteiger partial charge in [-0.3, -0.25) is 18.6 Å². The highest BCUT2D eigenvalue weighted by Gasteiger charge is 2.27. The third-order valence-electron chi connectivity index (χ3n) is 10.5. The lowest BCUT2D eigenvalue weighted by Crippen LogP contribution is -2.37. The first kappa shape index (κ1) is 56.5. The summed E-state index contributed by atoms with van der Waals surface area (Å²) in [4.78, 5) is 35.5. The number of unbranched alkanes of at least 4 members (excludes halogenated alkanes) is 26. The van der Waals surface area contributed by atoms with Crippen LogP contribution >= 0.6 is 7.82 Å². The van der Waals surface area contributed by atoms with Gasteiger partial charge in [0, 0.05) is 12.8 Å². The number of ether oxygens (including phenoxy) is 2. The van der Waals surface area contributed by atoms with Crippen LogP contribution in [0.1, 0.15) is 219 Å². The maximum absolute atomic E-state index is 12.7. The van der Waals surface area contributed by atoms with Crippen LogP contribution in [0.15, 0.2) is 24.3 Å². The first-order chi connectivity index (χ1) is 28.0. The average molecular weight is 843 g/mol. The fourth-order valence-corrected chi connectivity index (χ4v) is 7.43. The molecule has 0 aliphatic carbocycles. The summed E-state index contributed by atoms with van der Waals surface area (Å²) in [5, 5.41) is 0. The number of carbonyl (C=O) groups is 2. The molecule has 0 heterocycles. The molecule has 0 rings (SSSR count). The van der Waals surface area contributed by atoms with Crippen molar-refractivity contribution in [2.24, 2.45) is 0 Å². The van der Waals surface area contributed by atoms with Crippen molar-refractivity contribution >= 4 is 19.8 Å². The number of allylic oxidation sites excluding steroid dienone is 4. The Morgan fingerprint density at radius 2 is 0.931 bits per heavy atom. The third-order valence-corrected chi connectivity index (χ3v) is 11.5. The minimum atomic E-state index is -4.37. The zero-order chi connectivity index (χ0) is 42.8. The lowest BCUT2D eigenvalue weighted by molar-refractivity contribution is -0.870. The number of hydrogen-bond acceptors (Lipinski definition) is 7. The van der Waals surface area contributed by atoms with Crippen molar-refractivity contribution in [3.63, 3.8) is 0 Å². The summed E-state index contributed by atoms with van der Waals surface area (Å²) in [5.74, 6) is -0.793. The quantitative estimate of drug-likeness (QED) is 0.0212. The number of hydrogen-bond donors (Lipinski definition) is 1. The van der Waals surface area contributed by atoms with Crippen LogP contribution < -0.4 is 0 Å². The smallest absolute Gasteiger partial charge is 0.462 e. The summed E-state index contributed by atoms with van der Waals surface area (Å²) in [5.41, 5.74) is 0.